The molecular formula is C26H27F2N9O4S2. The number of piperazine rings is 1. The van der Waals surface area contributed by atoms with E-state index in [9.17, 15) is 22.6 Å². The van der Waals surface area contributed by atoms with Crippen LogP contribution in [0.15, 0.2) is 39.7 Å². The summed E-state index contributed by atoms with van der Waals surface area (Å²) < 4.78 is 49.3. The van der Waals surface area contributed by atoms with Crippen molar-refractivity contribution in [2.75, 3.05) is 61.9 Å². The molecular weight excluding hydrogens is 604 g/mol. The summed E-state index contributed by atoms with van der Waals surface area (Å²) in [5.41, 5.74) is 6.86. The standard InChI is InChI=1S/C26H27F2N9O4S2/c1-43(40)12-4-30-24(38)15-13-18(17(28)14-16(15)27)35-8-5-34(6-9-35)7-10-36-22-20(42-26(36)39)23-31-21(19-3-2-11-41-19)33-37(23)25(29)32-22/h2-3,11,13-14H,4-10,12H2,1H3,(H2,29,32)(H,30,38)/t43-/m1/s1. The lowest BCUT2D eigenvalue weighted by molar-refractivity contribution is 0.0952. The molecule has 17 heteroatoms. The molecule has 1 atom stereocenters. The van der Waals surface area contributed by atoms with Gasteiger partial charge in [0.1, 0.15) is 16.3 Å². The molecule has 226 valence electrons. The van der Waals surface area contributed by atoms with Gasteiger partial charge >= 0.3 is 4.87 Å². The van der Waals surface area contributed by atoms with Crippen molar-refractivity contribution in [3.05, 3.63) is 57.4 Å². The molecule has 43 heavy (non-hydrogen) atoms. The van der Waals surface area contributed by atoms with Crippen LogP contribution in [-0.2, 0) is 17.3 Å². The molecule has 0 bridgehead atoms. The summed E-state index contributed by atoms with van der Waals surface area (Å²) in [5.74, 6) is -1.29. The van der Waals surface area contributed by atoms with Crippen molar-refractivity contribution in [3.63, 3.8) is 0 Å². The minimum atomic E-state index is -1.11. The number of nitrogens with one attached hydrogen (secondary N) is 1. The minimum Gasteiger partial charge on any atom is -0.461 e. The largest absolute Gasteiger partial charge is 0.461 e. The average molecular weight is 632 g/mol. The number of nitrogens with two attached hydrogens (primary N) is 1. The van der Waals surface area contributed by atoms with Crippen LogP contribution in [0.5, 0.6) is 0 Å². The average Bonchev–Trinajstić information content (AvgIpc) is 3.72. The van der Waals surface area contributed by atoms with E-state index >= 15 is 0 Å². The molecule has 1 aliphatic rings. The van der Waals surface area contributed by atoms with Gasteiger partial charge in [0.05, 0.1) is 17.5 Å². The van der Waals surface area contributed by atoms with E-state index in [0.717, 1.165) is 11.3 Å². The number of rotatable bonds is 9. The van der Waals surface area contributed by atoms with E-state index in [-0.39, 0.29) is 34.4 Å². The van der Waals surface area contributed by atoms with Crippen molar-refractivity contribution < 1.29 is 22.2 Å². The minimum absolute atomic E-state index is 0.0858. The van der Waals surface area contributed by atoms with Crippen LogP contribution in [0.25, 0.3) is 27.6 Å². The van der Waals surface area contributed by atoms with Crippen molar-refractivity contribution in [2.24, 2.45) is 0 Å². The molecule has 13 nitrogen and oxygen atoms in total. The molecule has 0 unspecified atom stereocenters. The molecule has 1 fully saturated rings. The zero-order valence-corrected chi connectivity index (χ0v) is 24.6. The Morgan fingerprint density at radius 2 is 1.93 bits per heavy atom. The first-order chi connectivity index (χ1) is 20.7. The van der Waals surface area contributed by atoms with Gasteiger partial charge in [-0.1, -0.05) is 11.3 Å². The highest BCUT2D eigenvalue weighted by molar-refractivity contribution is 7.84. The molecule has 0 saturated carbocycles. The van der Waals surface area contributed by atoms with Gasteiger partial charge < -0.3 is 20.4 Å². The third-order valence-electron chi connectivity index (χ3n) is 7.17. The lowest BCUT2D eigenvalue weighted by atomic mass is 10.1. The van der Waals surface area contributed by atoms with Gasteiger partial charge in [-0.05, 0) is 18.2 Å². The van der Waals surface area contributed by atoms with Crippen molar-refractivity contribution >= 4 is 55.7 Å². The maximum Gasteiger partial charge on any atom is 0.309 e. The third kappa shape index (κ3) is 5.74. The maximum atomic E-state index is 14.7. The number of nitrogens with zero attached hydrogens (tertiary/aromatic N) is 7. The fourth-order valence-corrected chi connectivity index (χ4v) is 6.27. The highest BCUT2D eigenvalue weighted by Crippen LogP contribution is 2.27. The van der Waals surface area contributed by atoms with E-state index in [2.05, 4.69) is 25.3 Å². The van der Waals surface area contributed by atoms with Crippen LogP contribution in [0, 0.1) is 11.6 Å². The number of amides is 1. The molecule has 1 aromatic carbocycles. The summed E-state index contributed by atoms with van der Waals surface area (Å²) in [6.45, 7) is 2.94. The maximum absolute atomic E-state index is 14.7. The van der Waals surface area contributed by atoms with Gasteiger partial charge in [-0.3, -0.25) is 23.3 Å². The Labute approximate surface area is 249 Å². The normalized spacial score (nSPS) is 15.0. The van der Waals surface area contributed by atoms with E-state index in [4.69, 9.17) is 10.2 Å². The zero-order chi connectivity index (χ0) is 30.2. The van der Waals surface area contributed by atoms with Gasteiger partial charge in [0.25, 0.3) is 5.91 Å². The summed E-state index contributed by atoms with van der Waals surface area (Å²) >= 11 is 1.01. The second-order valence-electron chi connectivity index (χ2n) is 9.94. The van der Waals surface area contributed by atoms with Crippen LogP contribution in [-0.4, -0.2) is 90.4 Å². The smallest absolute Gasteiger partial charge is 0.309 e. The number of hydrogen-bond acceptors (Lipinski definition) is 11. The van der Waals surface area contributed by atoms with Gasteiger partial charge in [-0.15, -0.1) is 5.10 Å². The first kappa shape index (κ1) is 28.9. The highest BCUT2D eigenvalue weighted by Gasteiger charge is 2.24. The summed E-state index contributed by atoms with van der Waals surface area (Å²) in [6, 6.07) is 5.38. The van der Waals surface area contributed by atoms with Gasteiger partial charge in [-0.2, -0.15) is 9.50 Å². The summed E-state index contributed by atoms with van der Waals surface area (Å²) in [5, 5.41) is 6.89. The summed E-state index contributed by atoms with van der Waals surface area (Å²) in [4.78, 5) is 38.1. The topological polar surface area (TPSA) is 157 Å². The Balaban J connectivity index is 1.13. The van der Waals surface area contributed by atoms with Gasteiger partial charge in [0.15, 0.2) is 17.1 Å². The number of halogens is 2. The fourth-order valence-electron chi connectivity index (χ4n) is 4.95. The molecule has 5 aromatic rings. The molecule has 0 radical (unpaired) electrons. The number of nitrogen functional groups attached to an aromatic ring is 1. The lowest BCUT2D eigenvalue weighted by Gasteiger charge is -2.36. The Kier molecular flexibility index (Phi) is 7.93. The van der Waals surface area contributed by atoms with Crippen molar-refractivity contribution in [2.45, 2.75) is 6.54 Å². The molecule has 5 heterocycles. The number of benzene rings is 1. The first-order valence-electron chi connectivity index (χ1n) is 13.3. The lowest BCUT2D eigenvalue weighted by Crippen LogP contribution is -2.47. The first-order valence-corrected chi connectivity index (χ1v) is 15.9. The Hall–Kier alpha value is -4.22. The van der Waals surface area contributed by atoms with Crippen molar-refractivity contribution in [1.29, 1.82) is 0 Å². The summed E-state index contributed by atoms with van der Waals surface area (Å²) in [6.07, 6.45) is 3.02. The zero-order valence-electron chi connectivity index (χ0n) is 23.0. The van der Waals surface area contributed by atoms with E-state index in [0.29, 0.717) is 72.9 Å². The number of furan rings is 1. The van der Waals surface area contributed by atoms with E-state index < -0.39 is 28.3 Å². The second kappa shape index (κ2) is 11.8. The predicted octanol–water partition coefficient (Wildman–Crippen LogP) is 1.55. The fraction of sp³-hybridized carbons (Fsp3) is 0.346. The quantitative estimate of drug-likeness (QED) is 0.245. The number of carbonyl (C=O) groups is 1. The molecule has 1 amide bonds. The van der Waals surface area contributed by atoms with Crippen LogP contribution >= 0.6 is 11.3 Å². The molecule has 0 aliphatic carbocycles. The van der Waals surface area contributed by atoms with Gasteiger partial charge in [-0.25, -0.2) is 13.8 Å². The van der Waals surface area contributed by atoms with Gasteiger partial charge in [0.2, 0.25) is 11.8 Å². The van der Waals surface area contributed by atoms with Crippen molar-refractivity contribution in [3.8, 4) is 11.6 Å². The SMILES string of the molecule is C[S@@](=O)CCNC(=O)c1cc(N2CCN(CCn3c(=O)sc4c3nc(N)n3nc(-c5ccco5)nc43)CC2)c(F)cc1F. The second-order valence-corrected chi connectivity index (χ2v) is 12.5. The Morgan fingerprint density at radius 3 is 2.65 bits per heavy atom. The number of hydrogen-bond donors (Lipinski definition) is 2. The van der Waals surface area contributed by atoms with Crippen molar-refractivity contribution in [1.82, 2.24) is 34.4 Å². The third-order valence-corrected chi connectivity index (χ3v) is 8.91. The highest BCUT2D eigenvalue weighted by atomic mass is 32.2. The summed E-state index contributed by atoms with van der Waals surface area (Å²) in [7, 11) is -1.11. The number of aromatic nitrogens is 5. The molecule has 1 saturated heterocycles. The Bertz CT molecular complexity index is 1900. The molecule has 3 N–H and O–H groups in total. The molecule has 4 aromatic heterocycles. The number of anilines is 2. The van der Waals surface area contributed by atoms with E-state index in [1.807, 2.05) is 0 Å². The molecule has 0 spiro atoms. The number of fused-ring (bicyclic) bond motifs is 3. The van der Waals surface area contributed by atoms with Gasteiger partial charge in [0, 0.05) is 74.7 Å². The number of carbonyl (C=O) groups excluding carboxylic acids is 1. The van der Waals surface area contributed by atoms with Crippen LogP contribution in [0.1, 0.15) is 10.4 Å². The predicted molar refractivity (Wildman–Crippen MR) is 159 cm³/mol. The van der Waals surface area contributed by atoms with E-state index in [1.54, 1.807) is 21.6 Å². The monoisotopic (exact) mass is 631 g/mol. The van der Waals surface area contributed by atoms with Crippen LogP contribution in [0.2, 0.25) is 0 Å². The van der Waals surface area contributed by atoms with Crippen LogP contribution in [0.4, 0.5) is 20.4 Å². The Morgan fingerprint density at radius 1 is 1.14 bits per heavy atom. The number of thiazole rings is 1. The van der Waals surface area contributed by atoms with Crippen LogP contribution in [0.3, 0.4) is 0 Å². The van der Waals surface area contributed by atoms with Crippen LogP contribution < -0.4 is 20.8 Å². The molecule has 6 rings (SSSR count). The molecule has 1 aliphatic heterocycles. The van der Waals surface area contributed by atoms with E-state index in [1.165, 1.54) is 23.1 Å².